The second-order valence-electron chi connectivity index (χ2n) is 4.63. The Morgan fingerprint density at radius 3 is 2.94 bits per heavy atom. The van der Waals surface area contributed by atoms with Crippen LogP contribution in [0.3, 0.4) is 0 Å². The molecule has 0 radical (unpaired) electrons. The number of nitrogens with one attached hydrogen (secondary N) is 1. The number of rotatable bonds is 7. The molecule has 17 heavy (non-hydrogen) atoms. The fraction of sp³-hybridized carbons (Fsp3) is 0.692. The maximum absolute atomic E-state index is 4.09. The van der Waals surface area contributed by atoms with Gasteiger partial charge >= 0.3 is 0 Å². The second kappa shape index (κ2) is 7.22. The molecule has 1 aromatic heterocycles. The van der Waals surface area contributed by atoms with Crippen molar-refractivity contribution in [3.05, 3.63) is 18.0 Å². The molecule has 4 nitrogen and oxygen atoms in total. The molecule has 0 saturated heterocycles. The molecular formula is C13H24N4. The van der Waals surface area contributed by atoms with Crippen LogP contribution in [0.15, 0.2) is 12.3 Å². The van der Waals surface area contributed by atoms with Crippen molar-refractivity contribution >= 4 is 5.57 Å². The average molecular weight is 236 g/mol. The molecule has 0 spiro atoms. The van der Waals surface area contributed by atoms with Crippen molar-refractivity contribution in [2.24, 2.45) is 0 Å². The minimum atomic E-state index is 0.552. The second-order valence-corrected chi connectivity index (χ2v) is 4.63. The van der Waals surface area contributed by atoms with Gasteiger partial charge in [-0.05, 0) is 31.9 Å². The molecule has 1 aromatic rings. The molecule has 96 valence electrons. The van der Waals surface area contributed by atoms with E-state index in [1.807, 2.05) is 10.9 Å². The molecule has 0 aromatic carbocycles. The quantitative estimate of drug-likeness (QED) is 0.740. The minimum Gasteiger partial charge on any atom is -0.314 e. The zero-order valence-corrected chi connectivity index (χ0v) is 11.4. The molecule has 4 heteroatoms. The molecule has 1 rings (SSSR count). The lowest BCUT2D eigenvalue weighted by molar-refractivity contribution is 0.572. The van der Waals surface area contributed by atoms with Crippen LogP contribution in [-0.2, 0) is 6.54 Å². The molecule has 0 saturated carbocycles. The summed E-state index contributed by atoms with van der Waals surface area (Å²) in [6.45, 7) is 10.6. The van der Waals surface area contributed by atoms with Gasteiger partial charge in [-0.3, -0.25) is 0 Å². The van der Waals surface area contributed by atoms with E-state index in [4.69, 9.17) is 0 Å². The molecule has 0 fully saturated rings. The van der Waals surface area contributed by atoms with Gasteiger partial charge in [-0.2, -0.15) is 0 Å². The third kappa shape index (κ3) is 4.69. The number of aryl methyl sites for hydroxylation is 1. The summed E-state index contributed by atoms with van der Waals surface area (Å²) in [4.78, 5) is 0. The highest BCUT2D eigenvalue weighted by atomic mass is 15.4. The standard InChI is InChI=1S/C13H24N4/c1-5-9-17-13(10-15-16-17)12(4)7-6-8-14-11(2)3/h7,10-11,14H,5-6,8-9H2,1-4H3/b12-7+. The van der Waals surface area contributed by atoms with E-state index in [-0.39, 0.29) is 0 Å². The zero-order chi connectivity index (χ0) is 12.7. The number of allylic oxidation sites excluding steroid dienone is 1. The third-order valence-electron chi connectivity index (χ3n) is 2.60. The summed E-state index contributed by atoms with van der Waals surface area (Å²) < 4.78 is 1.97. The van der Waals surface area contributed by atoms with E-state index < -0.39 is 0 Å². The van der Waals surface area contributed by atoms with E-state index in [0.717, 1.165) is 31.6 Å². The molecule has 0 amide bonds. The van der Waals surface area contributed by atoms with Crippen molar-refractivity contribution in [3.8, 4) is 0 Å². The van der Waals surface area contributed by atoms with Crippen molar-refractivity contribution in [3.63, 3.8) is 0 Å². The maximum atomic E-state index is 4.09. The smallest absolute Gasteiger partial charge is 0.0839 e. The molecule has 0 atom stereocenters. The van der Waals surface area contributed by atoms with Gasteiger partial charge in [0.15, 0.2) is 0 Å². The van der Waals surface area contributed by atoms with Gasteiger partial charge in [0.25, 0.3) is 0 Å². The molecule has 0 aliphatic carbocycles. The van der Waals surface area contributed by atoms with Crippen LogP contribution in [0.2, 0.25) is 0 Å². The van der Waals surface area contributed by atoms with Gasteiger partial charge in [-0.25, -0.2) is 4.68 Å². The van der Waals surface area contributed by atoms with Crippen LogP contribution in [0.25, 0.3) is 5.57 Å². The molecule has 0 unspecified atom stereocenters. The van der Waals surface area contributed by atoms with Gasteiger partial charge in [-0.1, -0.05) is 32.1 Å². The molecule has 0 aliphatic heterocycles. The van der Waals surface area contributed by atoms with Gasteiger partial charge in [-0.15, -0.1) is 5.10 Å². The topological polar surface area (TPSA) is 42.7 Å². The van der Waals surface area contributed by atoms with Crippen LogP contribution >= 0.6 is 0 Å². The first-order valence-corrected chi connectivity index (χ1v) is 6.44. The first-order valence-electron chi connectivity index (χ1n) is 6.44. The van der Waals surface area contributed by atoms with Crippen LogP contribution in [0.4, 0.5) is 0 Å². The van der Waals surface area contributed by atoms with Crippen LogP contribution in [0.1, 0.15) is 46.2 Å². The Balaban J connectivity index is 2.52. The number of aromatic nitrogens is 3. The highest BCUT2D eigenvalue weighted by molar-refractivity contribution is 5.59. The lowest BCUT2D eigenvalue weighted by Gasteiger charge is -2.07. The predicted octanol–water partition coefficient (Wildman–Crippen LogP) is 2.48. The Bertz CT molecular complexity index is 352. The summed E-state index contributed by atoms with van der Waals surface area (Å²) in [5.41, 5.74) is 2.39. The van der Waals surface area contributed by atoms with Crippen molar-refractivity contribution in [2.75, 3.05) is 6.54 Å². The van der Waals surface area contributed by atoms with E-state index in [0.29, 0.717) is 6.04 Å². The molecule has 0 bridgehead atoms. The molecule has 1 N–H and O–H groups in total. The van der Waals surface area contributed by atoms with E-state index in [9.17, 15) is 0 Å². The van der Waals surface area contributed by atoms with Crippen LogP contribution in [-0.4, -0.2) is 27.6 Å². The summed E-state index contributed by atoms with van der Waals surface area (Å²) in [7, 11) is 0. The monoisotopic (exact) mass is 236 g/mol. The molecular weight excluding hydrogens is 212 g/mol. The Kier molecular flexibility index (Phi) is 5.91. The third-order valence-corrected chi connectivity index (χ3v) is 2.60. The van der Waals surface area contributed by atoms with Gasteiger partial charge in [0.2, 0.25) is 0 Å². The van der Waals surface area contributed by atoms with Gasteiger partial charge in [0.05, 0.1) is 11.9 Å². The summed E-state index contributed by atoms with van der Waals surface area (Å²) >= 11 is 0. The molecule has 1 heterocycles. The van der Waals surface area contributed by atoms with Crippen molar-refractivity contribution in [2.45, 2.75) is 53.1 Å². The van der Waals surface area contributed by atoms with Crippen molar-refractivity contribution < 1.29 is 0 Å². The maximum Gasteiger partial charge on any atom is 0.0839 e. The highest BCUT2D eigenvalue weighted by Gasteiger charge is 2.04. The van der Waals surface area contributed by atoms with Crippen LogP contribution in [0, 0.1) is 0 Å². The van der Waals surface area contributed by atoms with E-state index >= 15 is 0 Å². The van der Waals surface area contributed by atoms with E-state index in [1.54, 1.807) is 0 Å². The van der Waals surface area contributed by atoms with Crippen molar-refractivity contribution in [1.82, 2.24) is 20.3 Å². The number of hydrogen-bond donors (Lipinski definition) is 1. The van der Waals surface area contributed by atoms with Gasteiger partial charge < -0.3 is 5.32 Å². The Labute approximate surface area is 104 Å². The largest absolute Gasteiger partial charge is 0.314 e. The van der Waals surface area contributed by atoms with Crippen LogP contribution < -0.4 is 5.32 Å². The fourth-order valence-electron chi connectivity index (χ4n) is 1.71. The summed E-state index contributed by atoms with van der Waals surface area (Å²) in [6.07, 6.45) is 6.22. The van der Waals surface area contributed by atoms with Crippen LogP contribution in [0.5, 0.6) is 0 Å². The number of nitrogens with zero attached hydrogens (tertiary/aromatic N) is 3. The predicted molar refractivity (Wildman–Crippen MR) is 71.7 cm³/mol. The first kappa shape index (κ1) is 13.9. The van der Waals surface area contributed by atoms with Crippen molar-refractivity contribution in [1.29, 1.82) is 0 Å². The SMILES string of the molecule is CCCn1nncc1/C(C)=C/CCNC(C)C. The molecule has 0 aliphatic rings. The lowest BCUT2D eigenvalue weighted by atomic mass is 10.2. The van der Waals surface area contributed by atoms with Gasteiger partial charge in [0.1, 0.15) is 0 Å². The summed E-state index contributed by atoms with van der Waals surface area (Å²) in [5.74, 6) is 0. The fourth-order valence-corrected chi connectivity index (χ4v) is 1.71. The Morgan fingerprint density at radius 1 is 1.53 bits per heavy atom. The van der Waals surface area contributed by atoms with E-state index in [2.05, 4.69) is 49.4 Å². The van der Waals surface area contributed by atoms with Gasteiger partial charge in [0, 0.05) is 12.6 Å². The summed E-state index contributed by atoms with van der Waals surface area (Å²) in [6, 6.07) is 0.552. The highest BCUT2D eigenvalue weighted by Crippen LogP contribution is 2.12. The Hall–Kier alpha value is -1.16. The first-order chi connectivity index (χ1) is 8.15. The zero-order valence-electron chi connectivity index (χ0n) is 11.4. The Morgan fingerprint density at radius 2 is 2.29 bits per heavy atom. The lowest BCUT2D eigenvalue weighted by Crippen LogP contribution is -2.23. The average Bonchev–Trinajstić information content (AvgIpc) is 2.72. The summed E-state index contributed by atoms with van der Waals surface area (Å²) in [5, 5.41) is 11.5. The van der Waals surface area contributed by atoms with E-state index in [1.165, 1.54) is 5.57 Å². The normalized spacial score (nSPS) is 12.4. The number of hydrogen-bond acceptors (Lipinski definition) is 3. The minimum absolute atomic E-state index is 0.552.